The van der Waals surface area contributed by atoms with Gasteiger partial charge in [-0.1, -0.05) is 30.0 Å². The zero-order valence-electron chi connectivity index (χ0n) is 21.6. The number of amides is 1. The van der Waals surface area contributed by atoms with Crippen LogP contribution in [0.25, 0.3) is 28.0 Å². The molecule has 13 heteroatoms. The Morgan fingerprint density at radius 1 is 1.00 bits per heavy atom. The molecule has 3 aromatic carbocycles. The minimum absolute atomic E-state index is 0.0471. The monoisotopic (exact) mass is 575 g/mol. The van der Waals surface area contributed by atoms with Crippen LogP contribution in [0.3, 0.4) is 0 Å². The second kappa shape index (κ2) is 10.3. The number of para-hydroxylation sites is 1. The molecule has 0 saturated carbocycles. The van der Waals surface area contributed by atoms with Crippen molar-refractivity contribution in [1.82, 2.24) is 24.7 Å². The van der Waals surface area contributed by atoms with Gasteiger partial charge in [0.05, 0.1) is 22.6 Å². The fourth-order valence-corrected chi connectivity index (χ4v) is 5.30. The van der Waals surface area contributed by atoms with Crippen LogP contribution in [0.1, 0.15) is 11.1 Å². The summed E-state index contributed by atoms with van der Waals surface area (Å²) in [5, 5.41) is 5.70. The molecular formula is C28H20F3N7O2S. The predicted octanol–water partition coefficient (Wildman–Crippen LogP) is 6.16. The number of carbonyl (C=O) groups is 1. The summed E-state index contributed by atoms with van der Waals surface area (Å²) in [6.45, 7) is 3.92. The molecule has 0 bridgehead atoms. The number of fused-ring (bicyclic) bond motifs is 1. The first kappa shape index (κ1) is 26.4. The normalized spacial score (nSPS) is 14.8. The lowest BCUT2D eigenvalue weighted by molar-refractivity contribution is -0.274. The number of alkyl halides is 3. The lowest BCUT2D eigenvalue weighted by Gasteiger charge is -2.20. The number of carbonyl (C=O) groups excluding carboxylic acids is 1. The summed E-state index contributed by atoms with van der Waals surface area (Å²) in [5.74, 6) is 0.566. The number of aromatic nitrogens is 5. The number of nitrogens with zero attached hydrogens (tertiary/aromatic N) is 7. The molecule has 2 aromatic heterocycles. The summed E-state index contributed by atoms with van der Waals surface area (Å²) >= 11 is 1.34. The summed E-state index contributed by atoms with van der Waals surface area (Å²) in [4.78, 5) is 32.3. The minimum Gasteiger partial charge on any atom is -0.406 e. The SMILES string of the molecule is Cc1cccc(C)c1N1C(=O)CS/C1=N\c1ncc2cc(-c3ncn(-c4ccc(OC(F)(F)F)cc4)n3)ccc2n1. The molecule has 1 amide bonds. The van der Waals surface area contributed by atoms with Crippen molar-refractivity contribution < 1.29 is 22.7 Å². The summed E-state index contributed by atoms with van der Waals surface area (Å²) in [6, 6.07) is 16.6. The molecule has 3 heterocycles. The summed E-state index contributed by atoms with van der Waals surface area (Å²) in [5.41, 5.74) is 4.64. The molecule has 0 spiro atoms. The van der Waals surface area contributed by atoms with Crippen molar-refractivity contribution >= 4 is 45.4 Å². The number of hydrogen-bond donors (Lipinski definition) is 0. The smallest absolute Gasteiger partial charge is 0.406 e. The molecule has 1 aliphatic rings. The van der Waals surface area contributed by atoms with Crippen LogP contribution in [0.15, 0.2) is 78.2 Å². The molecule has 9 nitrogen and oxygen atoms in total. The van der Waals surface area contributed by atoms with Gasteiger partial charge in [0.25, 0.3) is 5.95 Å². The number of amidine groups is 1. The van der Waals surface area contributed by atoms with Gasteiger partial charge in [-0.15, -0.1) is 18.3 Å². The van der Waals surface area contributed by atoms with Crippen molar-refractivity contribution in [1.29, 1.82) is 0 Å². The molecule has 1 fully saturated rings. The number of benzene rings is 3. The van der Waals surface area contributed by atoms with Crippen LogP contribution < -0.4 is 9.64 Å². The van der Waals surface area contributed by atoms with E-state index >= 15 is 0 Å². The van der Waals surface area contributed by atoms with E-state index in [1.165, 1.54) is 47.0 Å². The first-order chi connectivity index (χ1) is 19.6. The quantitative estimate of drug-likeness (QED) is 0.248. The largest absolute Gasteiger partial charge is 0.573 e. The molecule has 1 aliphatic heterocycles. The lowest BCUT2D eigenvalue weighted by atomic mass is 10.1. The third-order valence-corrected chi connectivity index (χ3v) is 7.20. The van der Waals surface area contributed by atoms with Crippen LogP contribution in [0.4, 0.5) is 24.8 Å². The number of halogens is 3. The van der Waals surface area contributed by atoms with Gasteiger partial charge in [-0.2, -0.15) is 4.99 Å². The van der Waals surface area contributed by atoms with Gasteiger partial charge in [-0.3, -0.25) is 9.69 Å². The maximum atomic E-state index is 12.7. The highest BCUT2D eigenvalue weighted by molar-refractivity contribution is 8.15. The van der Waals surface area contributed by atoms with Crippen molar-refractivity contribution in [3.8, 4) is 22.8 Å². The Bertz CT molecular complexity index is 1800. The van der Waals surface area contributed by atoms with E-state index in [-0.39, 0.29) is 23.4 Å². The Hall–Kier alpha value is -4.78. The molecule has 5 aromatic rings. The molecule has 6 rings (SSSR count). The number of anilines is 1. The van der Waals surface area contributed by atoms with E-state index in [0.717, 1.165) is 22.2 Å². The topological polar surface area (TPSA) is 98.4 Å². The third kappa shape index (κ3) is 5.48. The first-order valence-corrected chi connectivity index (χ1v) is 13.3. The lowest BCUT2D eigenvalue weighted by Crippen LogP contribution is -2.30. The standard InChI is InChI=1S/C28H20F3N7O2S/c1-16-4-3-5-17(2)24(16)38-23(39)14-41-27(38)35-26-32-13-19-12-18(6-11-22(19)34-26)25-33-15-37(36-25)20-7-9-21(10-8-20)40-28(29,30)31/h3-13,15H,14H2,1-2H3/b35-27-. The van der Waals surface area contributed by atoms with Crippen LogP contribution >= 0.6 is 11.8 Å². The van der Waals surface area contributed by atoms with Crippen molar-refractivity contribution in [3.05, 3.63) is 84.3 Å². The van der Waals surface area contributed by atoms with E-state index in [2.05, 4.69) is 29.8 Å². The average Bonchev–Trinajstić information content (AvgIpc) is 3.56. The average molecular weight is 576 g/mol. The Labute approximate surface area is 235 Å². The van der Waals surface area contributed by atoms with E-state index < -0.39 is 6.36 Å². The highest BCUT2D eigenvalue weighted by atomic mass is 32.2. The van der Waals surface area contributed by atoms with E-state index in [1.54, 1.807) is 17.2 Å². The second-order valence-corrected chi connectivity index (χ2v) is 10.1. The highest BCUT2D eigenvalue weighted by Crippen LogP contribution is 2.33. The van der Waals surface area contributed by atoms with Crippen molar-refractivity contribution in [3.63, 3.8) is 0 Å². The molecule has 0 aliphatic carbocycles. The number of aryl methyl sites for hydroxylation is 2. The van der Waals surface area contributed by atoms with Gasteiger partial charge in [-0.05, 0) is 67.4 Å². The highest BCUT2D eigenvalue weighted by Gasteiger charge is 2.32. The number of ether oxygens (including phenoxy) is 1. The Kier molecular flexibility index (Phi) is 6.66. The fourth-order valence-electron chi connectivity index (χ4n) is 4.45. The number of hydrogen-bond acceptors (Lipinski definition) is 8. The van der Waals surface area contributed by atoms with Gasteiger partial charge in [0.15, 0.2) is 11.0 Å². The van der Waals surface area contributed by atoms with Crippen LogP contribution in [0, 0.1) is 13.8 Å². The van der Waals surface area contributed by atoms with Gasteiger partial charge in [-0.25, -0.2) is 19.6 Å². The van der Waals surface area contributed by atoms with Crippen LogP contribution in [-0.4, -0.2) is 47.9 Å². The van der Waals surface area contributed by atoms with Crippen molar-refractivity contribution in [2.45, 2.75) is 20.2 Å². The van der Waals surface area contributed by atoms with Crippen molar-refractivity contribution in [2.24, 2.45) is 4.99 Å². The summed E-state index contributed by atoms with van der Waals surface area (Å²) in [6.07, 6.45) is -1.64. The van der Waals surface area contributed by atoms with Crippen LogP contribution in [0.5, 0.6) is 5.75 Å². The summed E-state index contributed by atoms with van der Waals surface area (Å²) < 4.78 is 42.6. The predicted molar refractivity (Wildman–Crippen MR) is 150 cm³/mol. The molecule has 0 unspecified atom stereocenters. The Morgan fingerprint density at radius 2 is 1.76 bits per heavy atom. The molecule has 0 atom stereocenters. The number of thioether (sulfide) groups is 1. The zero-order valence-corrected chi connectivity index (χ0v) is 22.4. The van der Waals surface area contributed by atoms with Gasteiger partial charge in [0, 0.05) is 17.1 Å². The second-order valence-electron chi connectivity index (χ2n) is 9.15. The minimum atomic E-state index is -4.76. The Morgan fingerprint density at radius 3 is 2.49 bits per heavy atom. The maximum Gasteiger partial charge on any atom is 0.573 e. The van der Waals surface area contributed by atoms with Gasteiger partial charge >= 0.3 is 6.36 Å². The van der Waals surface area contributed by atoms with E-state index in [4.69, 9.17) is 0 Å². The number of rotatable bonds is 5. The molecule has 0 N–H and O–H groups in total. The third-order valence-electron chi connectivity index (χ3n) is 6.28. The van der Waals surface area contributed by atoms with E-state index in [1.807, 2.05) is 44.2 Å². The fraction of sp³-hybridized carbons (Fsp3) is 0.143. The Balaban J connectivity index is 1.25. The zero-order chi connectivity index (χ0) is 28.7. The maximum absolute atomic E-state index is 12.7. The molecule has 206 valence electrons. The van der Waals surface area contributed by atoms with E-state index in [9.17, 15) is 18.0 Å². The summed E-state index contributed by atoms with van der Waals surface area (Å²) in [7, 11) is 0. The van der Waals surface area contributed by atoms with Crippen LogP contribution in [-0.2, 0) is 4.79 Å². The van der Waals surface area contributed by atoms with Gasteiger partial charge in [0.2, 0.25) is 5.91 Å². The first-order valence-electron chi connectivity index (χ1n) is 12.3. The van der Waals surface area contributed by atoms with E-state index in [0.29, 0.717) is 27.8 Å². The molecule has 0 radical (unpaired) electrons. The van der Waals surface area contributed by atoms with Gasteiger partial charge in [0.1, 0.15) is 12.1 Å². The molecular weight excluding hydrogens is 555 g/mol. The van der Waals surface area contributed by atoms with Crippen LogP contribution in [0.2, 0.25) is 0 Å². The number of aliphatic imine (C=N–C) groups is 1. The molecule has 41 heavy (non-hydrogen) atoms. The molecule has 1 saturated heterocycles. The van der Waals surface area contributed by atoms with Crippen molar-refractivity contribution in [2.75, 3.05) is 10.7 Å². The van der Waals surface area contributed by atoms with Gasteiger partial charge < -0.3 is 4.74 Å².